The summed E-state index contributed by atoms with van der Waals surface area (Å²) in [5, 5.41) is 1.14. The lowest BCUT2D eigenvalue weighted by Crippen LogP contribution is -1.84. The van der Waals surface area contributed by atoms with Crippen molar-refractivity contribution >= 4 is 22.1 Å². The van der Waals surface area contributed by atoms with Crippen LogP contribution in [0.25, 0.3) is 33.2 Å². The number of hydrogen-bond donors (Lipinski definition) is 1. The number of pyridine rings is 1. The van der Waals surface area contributed by atoms with Gasteiger partial charge in [-0.05, 0) is 29.8 Å². The van der Waals surface area contributed by atoms with Crippen molar-refractivity contribution in [3.05, 3.63) is 49.1 Å². The average molecular weight is 248 g/mol. The molecule has 3 heterocycles. The quantitative estimate of drug-likeness (QED) is 0.562. The van der Waals surface area contributed by atoms with Gasteiger partial charge in [-0.3, -0.25) is 0 Å². The number of aromatic nitrogens is 4. The van der Waals surface area contributed by atoms with Gasteiger partial charge in [0.2, 0.25) is 0 Å². The van der Waals surface area contributed by atoms with Gasteiger partial charge in [0.25, 0.3) is 0 Å². The summed E-state index contributed by atoms with van der Waals surface area (Å²) in [6.07, 6.45) is 5.65. The molecule has 0 saturated carbocycles. The molecule has 92 valence electrons. The number of H-pyrrole nitrogens is 1. The fourth-order valence-corrected chi connectivity index (χ4v) is 2.49. The SMILES string of the molecule is Cn1cnc2ccc(-c3c[nH]c4ncccc34)cc21. The van der Waals surface area contributed by atoms with E-state index < -0.39 is 0 Å². The first-order chi connectivity index (χ1) is 9.33. The topological polar surface area (TPSA) is 46.5 Å². The highest BCUT2D eigenvalue weighted by Crippen LogP contribution is 2.29. The monoisotopic (exact) mass is 248 g/mol. The third-order valence-electron chi connectivity index (χ3n) is 3.49. The number of aromatic amines is 1. The van der Waals surface area contributed by atoms with E-state index in [-0.39, 0.29) is 0 Å². The largest absolute Gasteiger partial charge is 0.346 e. The second-order valence-electron chi connectivity index (χ2n) is 4.66. The van der Waals surface area contributed by atoms with Crippen molar-refractivity contribution in [2.45, 2.75) is 0 Å². The average Bonchev–Trinajstić information content (AvgIpc) is 3.03. The fraction of sp³-hybridized carbons (Fsp3) is 0.0667. The fourth-order valence-electron chi connectivity index (χ4n) is 2.49. The molecule has 19 heavy (non-hydrogen) atoms. The lowest BCUT2D eigenvalue weighted by atomic mass is 10.1. The third kappa shape index (κ3) is 1.46. The van der Waals surface area contributed by atoms with Crippen molar-refractivity contribution in [2.75, 3.05) is 0 Å². The van der Waals surface area contributed by atoms with Crippen molar-refractivity contribution in [3.63, 3.8) is 0 Å². The zero-order valence-electron chi connectivity index (χ0n) is 10.5. The zero-order valence-corrected chi connectivity index (χ0v) is 10.5. The minimum Gasteiger partial charge on any atom is -0.346 e. The van der Waals surface area contributed by atoms with Gasteiger partial charge in [0.1, 0.15) is 5.65 Å². The number of nitrogens with one attached hydrogen (secondary N) is 1. The Bertz CT molecular complexity index is 885. The van der Waals surface area contributed by atoms with Gasteiger partial charge in [0.15, 0.2) is 0 Å². The molecule has 0 fully saturated rings. The van der Waals surface area contributed by atoms with Crippen LogP contribution in [-0.4, -0.2) is 19.5 Å². The maximum atomic E-state index is 4.35. The first-order valence-corrected chi connectivity index (χ1v) is 6.16. The third-order valence-corrected chi connectivity index (χ3v) is 3.49. The van der Waals surface area contributed by atoms with E-state index >= 15 is 0 Å². The van der Waals surface area contributed by atoms with Crippen LogP contribution in [0.4, 0.5) is 0 Å². The molecule has 0 aliphatic heterocycles. The Hall–Kier alpha value is -2.62. The van der Waals surface area contributed by atoms with Gasteiger partial charge in [-0.1, -0.05) is 6.07 Å². The number of fused-ring (bicyclic) bond motifs is 2. The van der Waals surface area contributed by atoms with E-state index in [1.54, 1.807) is 6.20 Å². The maximum Gasteiger partial charge on any atom is 0.137 e. The van der Waals surface area contributed by atoms with Crippen LogP contribution in [0.5, 0.6) is 0 Å². The first kappa shape index (κ1) is 10.3. The molecular weight excluding hydrogens is 236 g/mol. The highest BCUT2D eigenvalue weighted by atomic mass is 15.0. The van der Waals surface area contributed by atoms with Gasteiger partial charge in [-0.2, -0.15) is 0 Å². The molecule has 4 aromatic rings. The number of imidazole rings is 1. The predicted octanol–water partition coefficient (Wildman–Crippen LogP) is 3.12. The standard InChI is InChI=1S/C15H12N4/c1-19-9-18-13-5-4-10(7-14(13)19)12-8-17-15-11(12)3-2-6-16-15/h2-9H,1H3,(H,16,17). The Morgan fingerprint density at radius 3 is 3.05 bits per heavy atom. The molecule has 4 heteroatoms. The first-order valence-electron chi connectivity index (χ1n) is 6.16. The van der Waals surface area contributed by atoms with E-state index in [0.29, 0.717) is 0 Å². The molecule has 0 radical (unpaired) electrons. The van der Waals surface area contributed by atoms with Crippen molar-refractivity contribution in [2.24, 2.45) is 7.05 Å². The Morgan fingerprint density at radius 1 is 1.16 bits per heavy atom. The van der Waals surface area contributed by atoms with Crippen LogP contribution in [0.3, 0.4) is 0 Å². The Balaban J connectivity index is 2.01. The van der Waals surface area contributed by atoms with Crippen LogP contribution in [0.15, 0.2) is 49.1 Å². The Morgan fingerprint density at radius 2 is 2.11 bits per heavy atom. The van der Waals surface area contributed by atoms with E-state index in [2.05, 4.69) is 39.2 Å². The van der Waals surface area contributed by atoms with Crippen molar-refractivity contribution in [1.82, 2.24) is 19.5 Å². The highest BCUT2D eigenvalue weighted by molar-refractivity contribution is 5.95. The number of aryl methyl sites for hydroxylation is 1. The van der Waals surface area contributed by atoms with Crippen molar-refractivity contribution < 1.29 is 0 Å². The maximum absolute atomic E-state index is 4.35. The predicted molar refractivity (Wildman–Crippen MR) is 75.8 cm³/mol. The highest BCUT2D eigenvalue weighted by Gasteiger charge is 2.08. The lowest BCUT2D eigenvalue weighted by molar-refractivity contribution is 0.948. The van der Waals surface area contributed by atoms with Crippen LogP contribution in [0, 0.1) is 0 Å². The molecule has 4 rings (SSSR count). The molecular formula is C15H12N4. The second kappa shape index (κ2) is 3.68. The van der Waals surface area contributed by atoms with Crippen molar-refractivity contribution in [3.8, 4) is 11.1 Å². The van der Waals surface area contributed by atoms with Crippen molar-refractivity contribution in [1.29, 1.82) is 0 Å². The summed E-state index contributed by atoms with van der Waals surface area (Å²) in [4.78, 5) is 11.9. The molecule has 1 aromatic carbocycles. The molecule has 0 aliphatic carbocycles. The summed E-state index contributed by atoms with van der Waals surface area (Å²) in [6.45, 7) is 0. The van der Waals surface area contributed by atoms with E-state index in [9.17, 15) is 0 Å². The molecule has 0 spiro atoms. The molecule has 0 unspecified atom stereocenters. The molecule has 0 saturated heterocycles. The summed E-state index contributed by atoms with van der Waals surface area (Å²) < 4.78 is 2.03. The number of rotatable bonds is 1. The van der Waals surface area contributed by atoms with Crippen LogP contribution in [0.1, 0.15) is 0 Å². The van der Waals surface area contributed by atoms with Crippen LogP contribution >= 0.6 is 0 Å². The number of hydrogen-bond acceptors (Lipinski definition) is 2. The number of benzene rings is 1. The van der Waals surface area contributed by atoms with Crippen LogP contribution in [-0.2, 0) is 7.05 Å². The molecule has 0 bridgehead atoms. The molecule has 0 aliphatic rings. The van der Waals surface area contributed by atoms with E-state index in [1.165, 1.54) is 11.1 Å². The summed E-state index contributed by atoms with van der Waals surface area (Å²) in [7, 11) is 2.01. The normalized spacial score (nSPS) is 11.4. The van der Waals surface area contributed by atoms with E-state index in [0.717, 1.165) is 22.1 Å². The molecule has 0 amide bonds. The summed E-state index contributed by atoms with van der Waals surface area (Å²) in [5.74, 6) is 0. The van der Waals surface area contributed by atoms with Crippen LogP contribution < -0.4 is 0 Å². The van der Waals surface area contributed by atoms with E-state index in [1.807, 2.05) is 30.2 Å². The molecule has 3 aromatic heterocycles. The minimum atomic E-state index is 0.919. The molecule has 1 N–H and O–H groups in total. The van der Waals surface area contributed by atoms with E-state index in [4.69, 9.17) is 0 Å². The summed E-state index contributed by atoms with van der Waals surface area (Å²) >= 11 is 0. The van der Waals surface area contributed by atoms with Crippen LogP contribution in [0.2, 0.25) is 0 Å². The Labute approximate surface area is 109 Å². The summed E-state index contributed by atoms with van der Waals surface area (Å²) in [6, 6.07) is 10.4. The van der Waals surface area contributed by atoms with Gasteiger partial charge in [0, 0.05) is 30.4 Å². The number of nitrogens with zero attached hydrogens (tertiary/aromatic N) is 3. The van der Waals surface area contributed by atoms with Gasteiger partial charge >= 0.3 is 0 Å². The van der Waals surface area contributed by atoms with Gasteiger partial charge in [-0.25, -0.2) is 9.97 Å². The molecule has 4 nitrogen and oxygen atoms in total. The smallest absolute Gasteiger partial charge is 0.137 e. The Kier molecular flexibility index (Phi) is 2.00. The van der Waals surface area contributed by atoms with Gasteiger partial charge in [-0.15, -0.1) is 0 Å². The van der Waals surface area contributed by atoms with Gasteiger partial charge < -0.3 is 9.55 Å². The molecule has 0 atom stereocenters. The minimum absolute atomic E-state index is 0.919. The van der Waals surface area contributed by atoms with Gasteiger partial charge in [0.05, 0.1) is 17.4 Å². The lowest BCUT2D eigenvalue weighted by Gasteiger charge is -2.01. The zero-order chi connectivity index (χ0) is 12.8. The second-order valence-corrected chi connectivity index (χ2v) is 4.66. The summed E-state index contributed by atoms with van der Waals surface area (Å²) in [5.41, 5.74) is 5.42.